The van der Waals surface area contributed by atoms with Gasteiger partial charge >= 0.3 is 0 Å². The number of aryl methyl sites for hydroxylation is 1. The Balaban J connectivity index is 1.62. The monoisotopic (exact) mass is 314 g/mol. The molecule has 0 bridgehead atoms. The molecule has 6 nitrogen and oxygen atoms in total. The molecule has 0 spiro atoms. The van der Waals surface area contributed by atoms with Gasteiger partial charge in [-0.3, -0.25) is 4.68 Å². The van der Waals surface area contributed by atoms with Gasteiger partial charge in [0.1, 0.15) is 5.69 Å². The van der Waals surface area contributed by atoms with Crippen LogP contribution in [-0.2, 0) is 13.1 Å². The normalized spacial score (nSPS) is 25.1. The van der Waals surface area contributed by atoms with Crippen LogP contribution in [0.25, 0.3) is 11.5 Å². The lowest BCUT2D eigenvalue weighted by Crippen LogP contribution is -2.24. The van der Waals surface area contributed by atoms with E-state index in [0.717, 1.165) is 50.5 Å². The van der Waals surface area contributed by atoms with Crippen LogP contribution in [0.4, 0.5) is 0 Å². The van der Waals surface area contributed by atoms with E-state index in [2.05, 4.69) is 31.8 Å². The van der Waals surface area contributed by atoms with E-state index in [1.165, 1.54) is 25.0 Å². The molecule has 2 aromatic rings. The van der Waals surface area contributed by atoms with Gasteiger partial charge in [-0.1, -0.05) is 6.42 Å². The molecule has 1 aliphatic carbocycles. The average Bonchev–Trinajstić information content (AvgIpc) is 3.17. The van der Waals surface area contributed by atoms with Crippen molar-refractivity contribution in [2.75, 3.05) is 13.1 Å². The Hall–Kier alpha value is -1.66. The first-order valence-corrected chi connectivity index (χ1v) is 8.86. The molecule has 6 heteroatoms. The molecule has 0 aromatic carbocycles. The number of rotatable bonds is 3. The number of hydrogen-bond donors (Lipinski definition) is 2. The predicted molar refractivity (Wildman–Crippen MR) is 89.8 cm³/mol. The molecule has 0 radical (unpaired) electrons. The van der Waals surface area contributed by atoms with Crippen molar-refractivity contribution >= 4 is 0 Å². The van der Waals surface area contributed by atoms with E-state index in [9.17, 15) is 0 Å². The second kappa shape index (κ2) is 6.45. The van der Waals surface area contributed by atoms with Gasteiger partial charge in [0, 0.05) is 31.5 Å². The van der Waals surface area contributed by atoms with Crippen molar-refractivity contribution in [3.8, 4) is 11.5 Å². The molecule has 0 unspecified atom stereocenters. The Labute approximate surface area is 137 Å². The molecular formula is C17H26N6. The molecule has 23 heavy (non-hydrogen) atoms. The molecule has 3 N–H and O–H groups in total. The highest BCUT2D eigenvalue weighted by atomic mass is 15.3. The lowest BCUT2D eigenvalue weighted by Gasteiger charge is -2.30. The predicted octanol–water partition coefficient (Wildman–Crippen LogP) is 1.93. The van der Waals surface area contributed by atoms with Crippen LogP contribution in [0.2, 0.25) is 0 Å². The summed E-state index contributed by atoms with van der Waals surface area (Å²) in [6.07, 6.45) is 10.1. The van der Waals surface area contributed by atoms with Gasteiger partial charge < -0.3 is 15.6 Å². The Morgan fingerprint density at radius 2 is 2.26 bits per heavy atom. The largest absolute Gasteiger partial charge is 0.330 e. The van der Waals surface area contributed by atoms with Crippen molar-refractivity contribution < 1.29 is 0 Å². The average molecular weight is 314 g/mol. The van der Waals surface area contributed by atoms with E-state index in [1.54, 1.807) is 0 Å². The van der Waals surface area contributed by atoms with E-state index in [4.69, 9.17) is 10.8 Å². The first kappa shape index (κ1) is 14.9. The standard InChI is InChI=1S/C17H26N6/c18-11-13-3-1-4-14(9-13)22-8-6-20-17(22)16-10-15-12-19-5-2-7-23(15)21-16/h6,8,10,13-14,19H,1-5,7,9,11-12,18H2/t13-,14+/m0/s1. The number of aromatic nitrogens is 4. The van der Waals surface area contributed by atoms with Crippen LogP contribution in [0.5, 0.6) is 0 Å². The summed E-state index contributed by atoms with van der Waals surface area (Å²) in [6.45, 7) is 3.74. The zero-order valence-electron chi connectivity index (χ0n) is 13.6. The summed E-state index contributed by atoms with van der Waals surface area (Å²) in [5.41, 5.74) is 8.16. The summed E-state index contributed by atoms with van der Waals surface area (Å²) in [7, 11) is 0. The van der Waals surface area contributed by atoms with Gasteiger partial charge in [-0.25, -0.2) is 4.98 Å². The van der Waals surface area contributed by atoms with E-state index >= 15 is 0 Å². The number of nitrogens with zero attached hydrogens (tertiary/aromatic N) is 4. The zero-order valence-corrected chi connectivity index (χ0v) is 13.6. The Bertz CT molecular complexity index is 634. The summed E-state index contributed by atoms with van der Waals surface area (Å²) >= 11 is 0. The number of fused-ring (bicyclic) bond motifs is 1. The highest BCUT2D eigenvalue weighted by Gasteiger charge is 2.25. The molecule has 1 fully saturated rings. The molecule has 2 atom stereocenters. The molecule has 4 rings (SSSR count). The van der Waals surface area contributed by atoms with Crippen LogP contribution in [0, 0.1) is 5.92 Å². The smallest absolute Gasteiger partial charge is 0.160 e. The second-order valence-electron chi connectivity index (χ2n) is 6.85. The molecule has 2 aliphatic rings. The minimum Gasteiger partial charge on any atom is -0.330 e. The van der Waals surface area contributed by atoms with Gasteiger partial charge in [-0.15, -0.1) is 0 Å². The van der Waals surface area contributed by atoms with Crippen LogP contribution in [0.3, 0.4) is 0 Å². The summed E-state index contributed by atoms with van der Waals surface area (Å²) in [5, 5.41) is 8.27. The van der Waals surface area contributed by atoms with Crippen LogP contribution in [-0.4, -0.2) is 32.4 Å². The van der Waals surface area contributed by atoms with Gasteiger partial charge in [-0.2, -0.15) is 5.10 Å². The van der Waals surface area contributed by atoms with Crippen molar-refractivity contribution in [2.24, 2.45) is 11.7 Å². The lowest BCUT2D eigenvalue weighted by atomic mass is 9.85. The van der Waals surface area contributed by atoms with E-state index in [-0.39, 0.29) is 0 Å². The van der Waals surface area contributed by atoms with E-state index < -0.39 is 0 Å². The van der Waals surface area contributed by atoms with Crippen LogP contribution >= 0.6 is 0 Å². The Morgan fingerprint density at radius 1 is 1.30 bits per heavy atom. The summed E-state index contributed by atoms with van der Waals surface area (Å²) < 4.78 is 4.47. The first-order valence-electron chi connectivity index (χ1n) is 8.86. The number of nitrogens with one attached hydrogen (secondary N) is 1. The van der Waals surface area contributed by atoms with Crippen molar-refractivity contribution in [2.45, 2.75) is 51.2 Å². The highest BCUT2D eigenvalue weighted by molar-refractivity contribution is 5.50. The molecule has 124 valence electrons. The quantitative estimate of drug-likeness (QED) is 0.908. The molecule has 3 heterocycles. The molecule has 0 amide bonds. The highest BCUT2D eigenvalue weighted by Crippen LogP contribution is 2.34. The first-order chi connectivity index (χ1) is 11.3. The van der Waals surface area contributed by atoms with Crippen molar-refractivity contribution in [3.05, 3.63) is 24.2 Å². The van der Waals surface area contributed by atoms with E-state index in [0.29, 0.717) is 12.0 Å². The molecule has 1 saturated carbocycles. The van der Waals surface area contributed by atoms with Crippen molar-refractivity contribution in [1.82, 2.24) is 24.6 Å². The van der Waals surface area contributed by atoms with Crippen LogP contribution < -0.4 is 11.1 Å². The maximum absolute atomic E-state index is 5.90. The molecular weight excluding hydrogens is 288 g/mol. The molecule has 2 aromatic heterocycles. The minimum atomic E-state index is 0.509. The SMILES string of the molecule is NC[C@H]1CCC[C@@H](n2ccnc2-c2cc3n(n2)CCCNC3)C1. The molecule has 0 saturated heterocycles. The van der Waals surface area contributed by atoms with Gasteiger partial charge in [-0.05, 0) is 50.8 Å². The van der Waals surface area contributed by atoms with E-state index in [1.807, 2.05) is 6.20 Å². The van der Waals surface area contributed by atoms with Gasteiger partial charge in [0.15, 0.2) is 5.82 Å². The van der Waals surface area contributed by atoms with Gasteiger partial charge in [0.05, 0.1) is 5.69 Å². The van der Waals surface area contributed by atoms with Gasteiger partial charge in [0.25, 0.3) is 0 Å². The third kappa shape index (κ3) is 2.93. The summed E-state index contributed by atoms with van der Waals surface area (Å²) in [4.78, 5) is 4.61. The second-order valence-corrected chi connectivity index (χ2v) is 6.85. The van der Waals surface area contributed by atoms with Crippen molar-refractivity contribution in [1.29, 1.82) is 0 Å². The third-order valence-electron chi connectivity index (χ3n) is 5.27. The van der Waals surface area contributed by atoms with Crippen molar-refractivity contribution in [3.63, 3.8) is 0 Å². The van der Waals surface area contributed by atoms with Gasteiger partial charge in [0.2, 0.25) is 0 Å². The summed E-state index contributed by atoms with van der Waals surface area (Å²) in [5.74, 6) is 1.65. The summed E-state index contributed by atoms with van der Waals surface area (Å²) in [6, 6.07) is 2.70. The third-order valence-corrected chi connectivity index (χ3v) is 5.27. The number of nitrogens with two attached hydrogens (primary N) is 1. The fourth-order valence-corrected chi connectivity index (χ4v) is 4.01. The van der Waals surface area contributed by atoms with Crippen LogP contribution in [0.1, 0.15) is 43.8 Å². The molecule has 1 aliphatic heterocycles. The maximum Gasteiger partial charge on any atom is 0.160 e. The lowest BCUT2D eigenvalue weighted by molar-refractivity contribution is 0.273. The number of imidazole rings is 1. The number of hydrogen-bond acceptors (Lipinski definition) is 4. The Kier molecular flexibility index (Phi) is 4.18. The fraction of sp³-hybridized carbons (Fsp3) is 0.647. The zero-order chi connectivity index (χ0) is 15.6. The Morgan fingerprint density at radius 3 is 3.17 bits per heavy atom. The maximum atomic E-state index is 5.90. The van der Waals surface area contributed by atoms with Crippen LogP contribution in [0.15, 0.2) is 18.5 Å². The fourth-order valence-electron chi connectivity index (χ4n) is 4.01. The minimum absolute atomic E-state index is 0.509. The topological polar surface area (TPSA) is 73.7 Å².